The highest BCUT2D eigenvalue weighted by Crippen LogP contribution is 2.28. The molecule has 0 bridgehead atoms. The highest BCUT2D eigenvalue weighted by Gasteiger charge is 2.44. The maximum atomic E-state index is 11.1. The SMILES string of the molecule is NC(=O)c1ncn([C@@H]2O[C@H](CNCc3cccc(OC4CCCC4)c3)[C@@H](O)[C@H]2O)n1. The van der Waals surface area contributed by atoms with E-state index < -0.39 is 30.4 Å². The molecule has 0 spiro atoms. The second kappa shape index (κ2) is 9.09. The maximum absolute atomic E-state index is 11.1. The summed E-state index contributed by atoms with van der Waals surface area (Å²) in [5, 5.41) is 27.7. The summed E-state index contributed by atoms with van der Waals surface area (Å²) in [6, 6.07) is 7.93. The number of hydrogen-bond acceptors (Lipinski definition) is 8. The largest absolute Gasteiger partial charge is 0.490 e. The van der Waals surface area contributed by atoms with Gasteiger partial charge in [0, 0.05) is 13.1 Å². The van der Waals surface area contributed by atoms with Crippen molar-refractivity contribution in [3.05, 3.63) is 42.0 Å². The molecular formula is C20H27N5O5. The predicted octanol–water partition coefficient (Wildman–Crippen LogP) is 0.107. The molecule has 1 amide bonds. The number of nitrogens with one attached hydrogen (secondary N) is 1. The zero-order valence-corrected chi connectivity index (χ0v) is 16.6. The summed E-state index contributed by atoms with van der Waals surface area (Å²) in [4.78, 5) is 14.9. The summed E-state index contributed by atoms with van der Waals surface area (Å²) >= 11 is 0. The van der Waals surface area contributed by atoms with E-state index in [1.807, 2.05) is 24.3 Å². The van der Waals surface area contributed by atoms with Crippen molar-refractivity contribution in [1.82, 2.24) is 20.1 Å². The van der Waals surface area contributed by atoms with Gasteiger partial charge in [0.05, 0.1) is 6.10 Å². The minimum Gasteiger partial charge on any atom is -0.490 e. The zero-order valence-electron chi connectivity index (χ0n) is 16.6. The third-order valence-corrected chi connectivity index (χ3v) is 5.50. The van der Waals surface area contributed by atoms with E-state index in [1.165, 1.54) is 23.9 Å². The number of rotatable bonds is 8. The molecule has 1 aliphatic heterocycles. The number of nitrogens with two attached hydrogens (primary N) is 1. The summed E-state index contributed by atoms with van der Waals surface area (Å²) in [6.45, 7) is 0.879. The third-order valence-electron chi connectivity index (χ3n) is 5.50. The number of aromatic nitrogens is 3. The molecule has 0 radical (unpaired) electrons. The molecule has 162 valence electrons. The van der Waals surface area contributed by atoms with E-state index in [0.29, 0.717) is 19.2 Å². The van der Waals surface area contributed by atoms with Gasteiger partial charge in [0.15, 0.2) is 6.23 Å². The first-order chi connectivity index (χ1) is 14.5. The van der Waals surface area contributed by atoms with Gasteiger partial charge in [0.2, 0.25) is 5.82 Å². The number of ether oxygens (including phenoxy) is 2. The Kier molecular flexibility index (Phi) is 6.28. The van der Waals surface area contributed by atoms with Crippen LogP contribution in [0.1, 0.15) is 48.1 Å². The van der Waals surface area contributed by atoms with Gasteiger partial charge >= 0.3 is 0 Å². The van der Waals surface area contributed by atoms with Gasteiger partial charge in [0.1, 0.15) is 30.4 Å². The van der Waals surface area contributed by atoms with Crippen molar-refractivity contribution in [2.24, 2.45) is 5.73 Å². The van der Waals surface area contributed by atoms with E-state index in [1.54, 1.807) is 0 Å². The summed E-state index contributed by atoms with van der Waals surface area (Å²) in [5.74, 6) is -0.0917. The van der Waals surface area contributed by atoms with Crippen LogP contribution in [0.4, 0.5) is 0 Å². The maximum Gasteiger partial charge on any atom is 0.288 e. The Morgan fingerprint density at radius 2 is 2.10 bits per heavy atom. The fraction of sp³-hybridized carbons (Fsp3) is 0.550. The molecular weight excluding hydrogens is 390 g/mol. The Hall–Kier alpha value is -2.53. The van der Waals surface area contributed by atoms with Crippen LogP contribution >= 0.6 is 0 Å². The Labute approximate surface area is 174 Å². The molecule has 10 nitrogen and oxygen atoms in total. The molecule has 2 aromatic rings. The van der Waals surface area contributed by atoms with E-state index in [4.69, 9.17) is 15.2 Å². The van der Waals surface area contributed by atoms with Crippen molar-refractivity contribution in [2.45, 2.75) is 62.9 Å². The van der Waals surface area contributed by atoms with E-state index in [-0.39, 0.29) is 5.82 Å². The quantitative estimate of drug-likeness (QED) is 0.474. The molecule has 5 N–H and O–H groups in total. The van der Waals surface area contributed by atoms with Crippen molar-refractivity contribution in [3.8, 4) is 5.75 Å². The van der Waals surface area contributed by atoms with Crippen molar-refractivity contribution in [2.75, 3.05) is 6.54 Å². The monoisotopic (exact) mass is 417 g/mol. The van der Waals surface area contributed by atoms with Gasteiger partial charge in [-0.1, -0.05) is 12.1 Å². The van der Waals surface area contributed by atoms with Crippen LogP contribution in [0.5, 0.6) is 5.75 Å². The molecule has 0 unspecified atom stereocenters. The third kappa shape index (κ3) is 4.62. The molecule has 10 heteroatoms. The van der Waals surface area contributed by atoms with Gasteiger partial charge in [-0.3, -0.25) is 4.79 Å². The van der Waals surface area contributed by atoms with Crippen molar-refractivity contribution < 1.29 is 24.5 Å². The first-order valence-corrected chi connectivity index (χ1v) is 10.2. The number of carbonyl (C=O) groups excluding carboxylic acids is 1. The fourth-order valence-corrected chi connectivity index (χ4v) is 3.91. The number of primary amides is 1. The Bertz CT molecular complexity index is 869. The fourth-order valence-electron chi connectivity index (χ4n) is 3.91. The van der Waals surface area contributed by atoms with Crippen LogP contribution in [0.3, 0.4) is 0 Å². The van der Waals surface area contributed by atoms with Crippen LogP contribution in [0.15, 0.2) is 30.6 Å². The van der Waals surface area contributed by atoms with Gasteiger partial charge in [-0.25, -0.2) is 9.67 Å². The number of hydrogen-bond donors (Lipinski definition) is 4. The lowest BCUT2D eigenvalue weighted by Crippen LogP contribution is -2.37. The number of nitrogens with zero attached hydrogens (tertiary/aromatic N) is 3. The van der Waals surface area contributed by atoms with Gasteiger partial charge in [-0.05, 0) is 43.4 Å². The Balaban J connectivity index is 1.30. The van der Waals surface area contributed by atoms with Crippen LogP contribution in [0.2, 0.25) is 0 Å². The van der Waals surface area contributed by atoms with Crippen LogP contribution in [-0.2, 0) is 11.3 Å². The van der Waals surface area contributed by atoms with Crippen LogP contribution in [0, 0.1) is 0 Å². The summed E-state index contributed by atoms with van der Waals surface area (Å²) in [7, 11) is 0. The first-order valence-electron chi connectivity index (χ1n) is 10.2. The molecule has 30 heavy (non-hydrogen) atoms. The lowest BCUT2D eigenvalue weighted by atomic mass is 10.1. The average molecular weight is 417 g/mol. The number of benzene rings is 1. The highest BCUT2D eigenvalue weighted by atomic mass is 16.6. The highest BCUT2D eigenvalue weighted by molar-refractivity contribution is 5.88. The zero-order chi connectivity index (χ0) is 21.1. The van der Waals surface area contributed by atoms with E-state index in [2.05, 4.69) is 15.4 Å². The summed E-state index contributed by atoms with van der Waals surface area (Å²) < 4.78 is 13.0. The molecule has 2 fully saturated rings. The summed E-state index contributed by atoms with van der Waals surface area (Å²) in [5.41, 5.74) is 6.20. The number of aliphatic hydroxyl groups excluding tert-OH is 2. The van der Waals surface area contributed by atoms with E-state index in [0.717, 1.165) is 24.2 Å². The minimum absolute atomic E-state index is 0.179. The average Bonchev–Trinajstić information content (AvgIpc) is 3.46. The molecule has 1 aromatic carbocycles. The first kappa shape index (κ1) is 20.7. The van der Waals surface area contributed by atoms with Crippen molar-refractivity contribution in [1.29, 1.82) is 0 Å². The Morgan fingerprint density at radius 3 is 2.83 bits per heavy atom. The van der Waals surface area contributed by atoms with Crippen LogP contribution in [-0.4, -0.2) is 61.8 Å². The molecule has 4 rings (SSSR count). The molecule has 1 aliphatic carbocycles. The van der Waals surface area contributed by atoms with Gasteiger partial charge in [-0.15, -0.1) is 5.10 Å². The lowest BCUT2D eigenvalue weighted by Gasteiger charge is -2.16. The van der Waals surface area contributed by atoms with Crippen molar-refractivity contribution >= 4 is 5.91 Å². The van der Waals surface area contributed by atoms with Gasteiger partial charge < -0.3 is 30.7 Å². The van der Waals surface area contributed by atoms with Crippen molar-refractivity contribution in [3.63, 3.8) is 0 Å². The standard InChI is InChI=1S/C20H27N5O5/c21-18(28)19-23-11-25(24-19)20-17(27)16(26)15(30-20)10-22-9-12-4-3-7-14(8-12)29-13-5-1-2-6-13/h3-4,7-8,11,13,15-17,20,22,26-27H,1-2,5-6,9-10H2,(H2,21,28)/t15-,16-,17-,20-/m1/s1. The predicted molar refractivity (Wildman–Crippen MR) is 105 cm³/mol. The second-order valence-electron chi connectivity index (χ2n) is 7.76. The van der Waals surface area contributed by atoms with Crippen LogP contribution < -0.4 is 15.8 Å². The molecule has 2 heterocycles. The molecule has 1 saturated carbocycles. The topological polar surface area (TPSA) is 145 Å². The van der Waals surface area contributed by atoms with E-state index >= 15 is 0 Å². The Morgan fingerprint density at radius 1 is 1.30 bits per heavy atom. The molecule has 4 atom stereocenters. The number of amides is 1. The van der Waals surface area contributed by atoms with Crippen LogP contribution in [0.25, 0.3) is 0 Å². The normalized spacial score (nSPS) is 26.9. The lowest BCUT2D eigenvalue weighted by molar-refractivity contribution is -0.0439. The molecule has 1 saturated heterocycles. The number of aliphatic hydroxyl groups is 2. The second-order valence-corrected chi connectivity index (χ2v) is 7.76. The van der Waals surface area contributed by atoms with Gasteiger partial charge in [0.25, 0.3) is 5.91 Å². The minimum atomic E-state index is -1.21. The molecule has 1 aromatic heterocycles. The van der Waals surface area contributed by atoms with Gasteiger partial charge in [-0.2, -0.15) is 0 Å². The number of carbonyl (C=O) groups is 1. The molecule has 2 aliphatic rings. The summed E-state index contributed by atoms with van der Waals surface area (Å²) in [6.07, 6.45) is 2.29. The smallest absolute Gasteiger partial charge is 0.288 e. The van der Waals surface area contributed by atoms with E-state index in [9.17, 15) is 15.0 Å².